The van der Waals surface area contributed by atoms with Crippen LogP contribution in [0.3, 0.4) is 0 Å². The molecule has 2 aromatic rings. The molecule has 202 valence electrons. The zero-order valence-electron chi connectivity index (χ0n) is 21.5. The maximum absolute atomic E-state index is 13.7. The maximum Gasteiger partial charge on any atom is 0.344 e. The average Bonchev–Trinajstić information content (AvgIpc) is 3.10. The molecule has 0 saturated carbocycles. The molecule has 13 nitrogen and oxygen atoms in total. The van der Waals surface area contributed by atoms with Gasteiger partial charge in [-0.25, -0.2) is 9.80 Å². The Bertz CT molecular complexity index is 1270. The van der Waals surface area contributed by atoms with E-state index in [0.29, 0.717) is 16.1 Å². The Kier molecular flexibility index (Phi) is 7.79. The summed E-state index contributed by atoms with van der Waals surface area (Å²) >= 11 is 0. The summed E-state index contributed by atoms with van der Waals surface area (Å²) in [5, 5.41) is 21.3. The number of nitrogens with two attached hydrogens (primary N) is 1. The van der Waals surface area contributed by atoms with Crippen LogP contribution in [0.4, 0.5) is 4.79 Å². The standard InChI is InChI=1S/C25H29N5O8/c1-13(31)29(17(12-20(32)33)15-10-18(36-3)21(38-5)19(11-15)37-4)30-23(34)25(2,28-24(30)35)16-8-6-14(7-9-16)22(26)27/h6-11,17H,12H2,1-5H3,(H3,26,27)(H,28,35)(H,32,33)/t17-,25-/m1/s1. The lowest BCUT2D eigenvalue weighted by Gasteiger charge is -2.36. The Morgan fingerprint density at radius 3 is 2.08 bits per heavy atom. The van der Waals surface area contributed by atoms with Crippen LogP contribution >= 0.6 is 0 Å². The number of nitrogen functional groups attached to an aromatic ring is 1. The number of urea groups is 1. The molecule has 1 saturated heterocycles. The van der Waals surface area contributed by atoms with E-state index in [2.05, 4.69) is 5.32 Å². The predicted octanol–water partition coefficient (Wildman–Crippen LogP) is 1.74. The van der Waals surface area contributed by atoms with Crippen LogP contribution in [0.15, 0.2) is 36.4 Å². The second kappa shape index (κ2) is 10.7. The number of carbonyl (C=O) groups is 4. The van der Waals surface area contributed by atoms with E-state index in [1.807, 2.05) is 0 Å². The molecule has 3 rings (SSSR count). The number of benzene rings is 2. The normalized spacial score (nSPS) is 17.4. The third-order valence-corrected chi connectivity index (χ3v) is 6.22. The number of aliphatic carboxylic acids is 1. The summed E-state index contributed by atoms with van der Waals surface area (Å²) in [7, 11) is 4.14. The average molecular weight is 528 g/mol. The Labute approximate surface area is 218 Å². The summed E-state index contributed by atoms with van der Waals surface area (Å²) in [4.78, 5) is 51.8. The van der Waals surface area contributed by atoms with Gasteiger partial charge in [-0.3, -0.25) is 19.8 Å². The highest BCUT2D eigenvalue weighted by atomic mass is 16.5. The summed E-state index contributed by atoms with van der Waals surface area (Å²) in [5.74, 6) is -2.42. The molecule has 4 amide bonds. The number of imide groups is 1. The SMILES string of the molecule is COc1cc([C@@H](CC(=O)O)N(C(C)=O)N2C(=O)N[C@](C)(c3ccc(C(=N)N)cc3)C2=O)cc(OC)c1OC. The molecule has 5 N–H and O–H groups in total. The minimum Gasteiger partial charge on any atom is -0.493 e. The fraction of sp³-hybridized carbons (Fsp3) is 0.320. The first-order valence-corrected chi connectivity index (χ1v) is 11.3. The molecule has 38 heavy (non-hydrogen) atoms. The molecule has 1 fully saturated rings. The first-order chi connectivity index (χ1) is 17.9. The first kappa shape index (κ1) is 27.8. The maximum atomic E-state index is 13.7. The van der Waals surface area contributed by atoms with E-state index in [0.717, 1.165) is 11.9 Å². The molecule has 1 heterocycles. The highest BCUT2D eigenvalue weighted by molar-refractivity contribution is 6.08. The zero-order valence-corrected chi connectivity index (χ0v) is 21.5. The van der Waals surface area contributed by atoms with Gasteiger partial charge in [0.15, 0.2) is 11.5 Å². The van der Waals surface area contributed by atoms with Crippen molar-refractivity contribution in [3.63, 3.8) is 0 Å². The molecule has 2 aromatic carbocycles. The molecule has 0 radical (unpaired) electrons. The van der Waals surface area contributed by atoms with Gasteiger partial charge in [-0.1, -0.05) is 24.3 Å². The fourth-order valence-corrected chi connectivity index (χ4v) is 4.30. The van der Waals surface area contributed by atoms with Crippen molar-refractivity contribution in [2.45, 2.75) is 31.8 Å². The van der Waals surface area contributed by atoms with Gasteiger partial charge in [-0.2, -0.15) is 5.01 Å². The zero-order chi connectivity index (χ0) is 28.4. The van der Waals surface area contributed by atoms with Crippen LogP contribution in [0, 0.1) is 5.41 Å². The van der Waals surface area contributed by atoms with Crippen molar-refractivity contribution in [3.05, 3.63) is 53.1 Å². The largest absolute Gasteiger partial charge is 0.493 e. The molecule has 1 aliphatic rings. The number of amidine groups is 1. The minimum atomic E-state index is -1.59. The Hall–Kier alpha value is -4.81. The topological polar surface area (TPSA) is 185 Å². The van der Waals surface area contributed by atoms with Gasteiger partial charge in [0.2, 0.25) is 11.7 Å². The van der Waals surface area contributed by atoms with Crippen molar-refractivity contribution >= 4 is 29.7 Å². The minimum absolute atomic E-state index is 0.172. The number of amides is 4. The van der Waals surface area contributed by atoms with E-state index in [-0.39, 0.29) is 28.6 Å². The number of nitrogens with one attached hydrogen (secondary N) is 2. The van der Waals surface area contributed by atoms with E-state index in [1.165, 1.54) is 64.7 Å². The lowest BCUT2D eigenvalue weighted by atomic mass is 9.91. The van der Waals surface area contributed by atoms with Gasteiger partial charge in [0.1, 0.15) is 11.4 Å². The molecule has 13 heteroatoms. The van der Waals surface area contributed by atoms with Crippen molar-refractivity contribution < 1.29 is 38.5 Å². The molecular formula is C25H29N5O8. The Morgan fingerprint density at radius 1 is 1.11 bits per heavy atom. The van der Waals surface area contributed by atoms with Crippen LogP contribution in [0.1, 0.15) is 43.0 Å². The van der Waals surface area contributed by atoms with Gasteiger partial charge >= 0.3 is 12.0 Å². The van der Waals surface area contributed by atoms with Gasteiger partial charge in [0.25, 0.3) is 5.91 Å². The fourth-order valence-electron chi connectivity index (χ4n) is 4.30. The molecule has 1 aliphatic heterocycles. The number of carboxylic acids is 1. The number of nitrogens with zero attached hydrogens (tertiary/aromatic N) is 2. The first-order valence-electron chi connectivity index (χ1n) is 11.3. The number of hydrazine groups is 1. The summed E-state index contributed by atoms with van der Waals surface area (Å²) in [6.07, 6.45) is -0.653. The van der Waals surface area contributed by atoms with Crippen molar-refractivity contribution in [1.29, 1.82) is 5.41 Å². The van der Waals surface area contributed by atoms with Crippen molar-refractivity contribution in [2.75, 3.05) is 21.3 Å². The van der Waals surface area contributed by atoms with E-state index in [9.17, 15) is 24.3 Å². The summed E-state index contributed by atoms with van der Waals surface area (Å²) in [5.41, 5.74) is 4.92. The molecule has 0 aliphatic carbocycles. The van der Waals surface area contributed by atoms with Crippen molar-refractivity contribution in [2.24, 2.45) is 5.73 Å². The molecule has 0 bridgehead atoms. The summed E-state index contributed by atoms with van der Waals surface area (Å²) in [6.45, 7) is 2.57. The second-order valence-electron chi connectivity index (χ2n) is 8.60. The molecule has 0 spiro atoms. The number of carboxylic acid groups (broad SMARTS) is 1. The van der Waals surface area contributed by atoms with Crippen molar-refractivity contribution in [3.8, 4) is 17.2 Å². The number of ether oxygens (including phenoxy) is 3. The van der Waals surface area contributed by atoms with Crippen LogP contribution in [0.25, 0.3) is 0 Å². The third-order valence-electron chi connectivity index (χ3n) is 6.22. The van der Waals surface area contributed by atoms with Gasteiger partial charge in [-0.05, 0) is 30.2 Å². The van der Waals surface area contributed by atoms with Crippen LogP contribution < -0.4 is 25.3 Å². The van der Waals surface area contributed by atoms with Crippen LogP contribution in [0.5, 0.6) is 17.2 Å². The third kappa shape index (κ3) is 4.90. The second-order valence-corrected chi connectivity index (χ2v) is 8.60. The number of hydrogen-bond acceptors (Lipinski definition) is 8. The van der Waals surface area contributed by atoms with Crippen LogP contribution in [-0.4, -0.2) is 66.1 Å². The predicted molar refractivity (Wildman–Crippen MR) is 134 cm³/mol. The number of rotatable bonds is 10. The van der Waals surface area contributed by atoms with Gasteiger partial charge in [0.05, 0.1) is 33.8 Å². The van der Waals surface area contributed by atoms with Crippen LogP contribution in [0.2, 0.25) is 0 Å². The van der Waals surface area contributed by atoms with E-state index in [1.54, 1.807) is 0 Å². The summed E-state index contributed by atoms with van der Waals surface area (Å²) in [6, 6.07) is 6.77. The van der Waals surface area contributed by atoms with Gasteiger partial charge in [0, 0.05) is 12.5 Å². The smallest absolute Gasteiger partial charge is 0.344 e. The molecule has 2 atom stereocenters. The molecule has 0 aromatic heterocycles. The Morgan fingerprint density at radius 2 is 1.66 bits per heavy atom. The highest BCUT2D eigenvalue weighted by Crippen LogP contribution is 2.42. The molecule has 0 unspecified atom stereocenters. The van der Waals surface area contributed by atoms with E-state index < -0.39 is 41.8 Å². The van der Waals surface area contributed by atoms with Crippen molar-refractivity contribution in [1.82, 2.24) is 15.3 Å². The quantitative estimate of drug-likeness (QED) is 0.203. The van der Waals surface area contributed by atoms with Crippen LogP contribution in [-0.2, 0) is 19.9 Å². The number of methoxy groups -OCH3 is 3. The van der Waals surface area contributed by atoms with E-state index >= 15 is 0 Å². The lowest BCUT2D eigenvalue weighted by Crippen LogP contribution is -2.52. The lowest BCUT2D eigenvalue weighted by molar-refractivity contribution is -0.162. The highest BCUT2D eigenvalue weighted by Gasteiger charge is 2.53. The van der Waals surface area contributed by atoms with E-state index in [4.69, 9.17) is 25.4 Å². The number of hydrogen-bond donors (Lipinski definition) is 4. The van der Waals surface area contributed by atoms with Gasteiger partial charge < -0.3 is 30.4 Å². The van der Waals surface area contributed by atoms with Gasteiger partial charge in [-0.15, -0.1) is 0 Å². The summed E-state index contributed by atoms with van der Waals surface area (Å²) < 4.78 is 16.0. The monoisotopic (exact) mass is 527 g/mol. The molecular weight excluding hydrogens is 498 g/mol. The Balaban J connectivity index is 2.13. The number of carbonyl (C=O) groups excluding carboxylic acids is 3.